The molecule has 0 aliphatic rings. The van der Waals surface area contributed by atoms with E-state index in [0.717, 1.165) is 0 Å². The van der Waals surface area contributed by atoms with Crippen molar-refractivity contribution in [1.29, 1.82) is 0 Å². The van der Waals surface area contributed by atoms with Crippen molar-refractivity contribution < 1.29 is 9.72 Å². The number of aldehydes is 1. The lowest BCUT2D eigenvalue weighted by Gasteiger charge is -1.99. The SMILES string of the molecule is CCc1cc([N+](=O)[O-])ccc1C=O. The highest BCUT2D eigenvalue weighted by atomic mass is 16.6. The zero-order valence-corrected chi connectivity index (χ0v) is 7.19. The van der Waals surface area contributed by atoms with Crippen LogP contribution in [0.5, 0.6) is 0 Å². The van der Waals surface area contributed by atoms with Crippen molar-refractivity contribution in [2.24, 2.45) is 0 Å². The van der Waals surface area contributed by atoms with Crippen LogP contribution in [0.3, 0.4) is 0 Å². The first-order valence-electron chi connectivity index (χ1n) is 3.91. The summed E-state index contributed by atoms with van der Waals surface area (Å²) in [5, 5.41) is 10.4. The van der Waals surface area contributed by atoms with Gasteiger partial charge in [-0.05, 0) is 18.1 Å². The number of carbonyl (C=O) groups is 1. The molecule has 1 aromatic rings. The maximum absolute atomic E-state index is 10.5. The first-order valence-corrected chi connectivity index (χ1v) is 3.91. The number of aryl methyl sites for hydroxylation is 1. The van der Waals surface area contributed by atoms with Gasteiger partial charge in [-0.3, -0.25) is 14.9 Å². The van der Waals surface area contributed by atoms with Crippen molar-refractivity contribution in [1.82, 2.24) is 0 Å². The van der Waals surface area contributed by atoms with E-state index in [1.54, 1.807) is 0 Å². The zero-order chi connectivity index (χ0) is 9.84. The van der Waals surface area contributed by atoms with Crippen LogP contribution in [0.15, 0.2) is 18.2 Å². The van der Waals surface area contributed by atoms with E-state index in [1.807, 2.05) is 6.92 Å². The number of nitro groups is 1. The highest BCUT2D eigenvalue weighted by Crippen LogP contribution is 2.16. The van der Waals surface area contributed by atoms with E-state index in [-0.39, 0.29) is 5.69 Å². The molecule has 4 nitrogen and oxygen atoms in total. The molecule has 1 aromatic carbocycles. The predicted molar refractivity (Wildman–Crippen MR) is 47.9 cm³/mol. The Morgan fingerprint density at radius 3 is 2.69 bits per heavy atom. The molecule has 0 amide bonds. The molecule has 0 aliphatic carbocycles. The Labute approximate surface area is 75.3 Å². The molecular weight excluding hydrogens is 170 g/mol. The van der Waals surface area contributed by atoms with Crippen LogP contribution in [0, 0.1) is 10.1 Å². The molecule has 4 heteroatoms. The average molecular weight is 179 g/mol. The van der Waals surface area contributed by atoms with E-state index < -0.39 is 4.92 Å². The molecule has 0 radical (unpaired) electrons. The number of nitro benzene ring substituents is 1. The Morgan fingerprint density at radius 2 is 2.23 bits per heavy atom. The Kier molecular flexibility index (Phi) is 2.74. The summed E-state index contributed by atoms with van der Waals surface area (Å²) in [6, 6.07) is 4.25. The van der Waals surface area contributed by atoms with Gasteiger partial charge >= 0.3 is 0 Å². The van der Waals surface area contributed by atoms with E-state index in [2.05, 4.69) is 0 Å². The molecule has 68 valence electrons. The zero-order valence-electron chi connectivity index (χ0n) is 7.19. The van der Waals surface area contributed by atoms with Gasteiger partial charge in [0.1, 0.15) is 6.29 Å². The van der Waals surface area contributed by atoms with Gasteiger partial charge < -0.3 is 0 Å². The summed E-state index contributed by atoms with van der Waals surface area (Å²) in [6.45, 7) is 1.85. The summed E-state index contributed by atoms with van der Waals surface area (Å²) in [7, 11) is 0. The topological polar surface area (TPSA) is 60.2 Å². The molecule has 13 heavy (non-hydrogen) atoms. The van der Waals surface area contributed by atoms with Crippen molar-refractivity contribution in [3.63, 3.8) is 0 Å². The van der Waals surface area contributed by atoms with Crippen LogP contribution in [0.25, 0.3) is 0 Å². The van der Waals surface area contributed by atoms with Gasteiger partial charge in [-0.25, -0.2) is 0 Å². The first kappa shape index (κ1) is 9.38. The van der Waals surface area contributed by atoms with Crippen LogP contribution in [-0.2, 0) is 6.42 Å². The van der Waals surface area contributed by atoms with Gasteiger partial charge in [0.05, 0.1) is 4.92 Å². The van der Waals surface area contributed by atoms with Gasteiger partial charge in [0.25, 0.3) is 5.69 Å². The van der Waals surface area contributed by atoms with Crippen molar-refractivity contribution >= 4 is 12.0 Å². The Hall–Kier alpha value is -1.71. The minimum Gasteiger partial charge on any atom is -0.298 e. The van der Waals surface area contributed by atoms with Crippen LogP contribution < -0.4 is 0 Å². The summed E-state index contributed by atoms with van der Waals surface area (Å²) in [5.74, 6) is 0. The van der Waals surface area contributed by atoms with Crippen molar-refractivity contribution in [2.75, 3.05) is 0 Å². The van der Waals surface area contributed by atoms with Gasteiger partial charge in [-0.1, -0.05) is 6.92 Å². The Bertz CT molecular complexity index is 347. The molecule has 0 unspecified atom stereocenters. The van der Waals surface area contributed by atoms with Crippen LogP contribution >= 0.6 is 0 Å². The lowest BCUT2D eigenvalue weighted by atomic mass is 10.1. The predicted octanol–water partition coefficient (Wildman–Crippen LogP) is 1.97. The fourth-order valence-corrected chi connectivity index (χ4v) is 1.13. The monoisotopic (exact) mass is 179 g/mol. The molecule has 0 heterocycles. The highest BCUT2D eigenvalue weighted by molar-refractivity contribution is 5.77. The third-order valence-electron chi connectivity index (χ3n) is 1.85. The second-order valence-corrected chi connectivity index (χ2v) is 2.61. The quantitative estimate of drug-likeness (QED) is 0.405. The molecule has 0 aliphatic heterocycles. The van der Waals surface area contributed by atoms with Crippen LogP contribution in [0.4, 0.5) is 5.69 Å². The normalized spacial score (nSPS) is 9.62. The minimum atomic E-state index is -0.465. The first-order chi connectivity index (χ1) is 6.19. The van der Waals surface area contributed by atoms with Crippen molar-refractivity contribution in [3.05, 3.63) is 39.4 Å². The fourth-order valence-electron chi connectivity index (χ4n) is 1.13. The molecule has 0 saturated carbocycles. The average Bonchev–Trinajstić information content (AvgIpc) is 2.16. The van der Waals surface area contributed by atoms with Gasteiger partial charge in [-0.2, -0.15) is 0 Å². The molecule has 0 N–H and O–H groups in total. The van der Waals surface area contributed by atoms with E-state index in [4.69, 9.17) is 0 Å². The number of carbonyl (C=O) groups excluding carboxylic acids is 1. The summed E-state index contributed by atoms with van der Waals surface area (Å²) in [4.78, 5) is 20.4. The summed E-state index contributed by atoms with van der Waals surface area (Å²) in [5.41, 5.74) is 1.26. The van der Waals surface area contributed by atoms with Crippen molar-refractivity contribution in [2.45, 2.75) is 13.3 Å². The molecule has 0 spiro atoms. The maximum Gasteiger partial charge on any atom is 0.269 e. The number of hydrogen-bond donors (Lipinski definition) is 0. The molecule has 0 saturated heterocycles. The van der Waals surface area contributed by atoms with E-state index in [0.29, 0.717) is 23.8 Å². The molecular formula is C9H9NO3. The lowest BCUT2D eigenvalue weighted by molar-refractivity contribution is -0.384. The van der Waals surface area contributed by atoms with Crippen LogP contribution in [-0.4, -0.2) is 11.2 Å². The lowest BCUT2D eigenvalue weighted by Crippen LogP contribution is -1.94. The van der Waals surface area contributed by atoms with E-state index in [9.17, 15) is 14.9 Å². The Morgan fingerprint density at radius 1 is 1.54 bits per heavy atom. The Balaban J connectivity index is 3.20. The van der Waals surface area contributed by atoms with E-state index in [1.165, 1.54) is 18.2 Å². The second-order valence-electron chi connectivity index (χ2n) is 2.61. The molecule has 0 bridgehead atoms. The summed E-state index contributed by atoms with van der Waals surface area (Å²) < 4.78 is 0. The van der Waals surface area contributed by atoms with Gasteiger partial charge in [0, 0.05) is 17.7 Å². The van der Waals surface area contributed by atoms with Gasteiger partial charge in [-0.15, -0.1) is 0 Å². The van der Waals surface area contributed by atoms with Crippen LogP contribution in [0.2, 0.25) is 0 Å². The smallest absolute Gasteiger partial charge is 0.269 e. The standard InChI is InChI=1S/C9H9NO3/c1-2-7-5-9(10(12)13)4-3-8(7)6-11/h3-6H,2H2,1H3. The summed E-state index contributed by atoms with van der Waals surface area (Å²) >= 11 is 0. The number of rotatable bonds is 3. The second kappa shape index (κ2) is 3.80. The number of hydrogen-bond acceptors (Lipinski definition) is 3. The molecule has 0 atom stereocenters. The highest BCUT2D eigenvalue weighted by Gasteiger charge is 2.08. The largest absolute Gasteiger partial charge is 0.298 e. The fraction of sp³-hybridized carbons (Fsp3) is 0.222. The third kappa shape index (κ3) is 1.90. The number of nitrogens with zero attached hydrogens (tertiary/aromatic N) is 1. The van der Waals surface area contributed by atoms with Gasteiger partial charge in [0.15, 0.2) is 0 Å². The minimum absolute atomic E-state index is 0.0300. The molecule has 1 rings (SSSR count). The number of non-ortho nitro benzene ring substituents is 1. The third-order valence-corrected chi connectivity index (χ3v) is 1.85. The van der Waals surface area contributed by atoms with Crippen molar-refractivity contribution in [3.8, 4) is 0 Å². The maximum atomic E-state index is 10.5. The molecule has 0 aromatic heterocycles. The molecule has 0 fully saturated rings. The summed E-state index contributed by atoms with van der Waals surface area (Å²) in [6.07, 6.45) is 1.33. The number of benzene rings is 1. The van der Waals surface area contributed by atoms with Gasteiger partial charge in [0.2, 0.25) is 0 Å². The van der Waals surface area contributed by atoms with Crippen LogP contribution in [0.1, 0.15) is 22.8 Å². The van der Waals surface area contributed by atoms with E-state index >= 15 is 0 Å².